The summed E-state index contributed by atoms with van der Waals surface area (Å²) in [4.78, 5) is 12.7. The summed E-state index contributed by atoms with van der Waals surface area (Å²) in [6, 6.07) is 4.92. The Bertz CT molecular complexity index is 419. The van der Waals surface area contributed by atoms with Crippen molar-refractivity contribution in [3.8, 4) is 0 Å². The van der Waals surface area contributed by atoms with Gasteiger partial charge in [-0.2, -0.15) is 0 Å². The minimum absolute atomic E-state index is 0.0590. The lowest BCUT2D eigenvalue weighted by Gasteiger charge is -2.22. The Morgan fingerprint density at radius 1 is 1.44 bits per heavy atom. The Kier molecular flexibility index (Phi) is 5.09. The lowest BCUT2D eigenvalue weighted by atomic mass is 10.1. The van der Waals surface area contributed by atoms with Crippen molar-refractivity contribution in [3.63, 3.8) is 0 Å². The third-order valence-electron chi connectivity index (χ3n) is 2.89. The van der Waals surface area contributed by atoms with E-state index in [-0.39, 0.29) is 10.6 Å². The van der Waals surface area contributed by atoms with Crippen LogP contribution in [0.2, 0.25) is 0 Å². The molecule has 1 unspecified atom stereocenters. The molecule has 0 fully saturated rings. The van der Waals surface area contributed by atoms with Gasteiger partial charge in [-0.15, -0.1) is 0 Å². The molecule has 0 aliphatic heterocycles. The van der Waals surface area contributed by atoms with E-state index in [1.165, 1.54) is 6.07 Å². The molecule has 0 aliphatic rings. The van der Waals surface area contributed by atoms with Gasteiger partial charge in [0, 0.05) is 19.2 Å². The molecular weight excluding hydrogens is 232 g/mol. The average Bonchev–Trinajstić information content (AvgIpc) is 2.35. The summed E-state index contributed by atoms with van der Waals surface area (Å²) in [5.41, 5.74) is 1.25. The molecule has 5 heteroatoms. The average molecular weight is 252 g/mol. The molecular formula is C13H20N2O3. The monoisotopic (exact) mass is 252 g/mol. The standard InChI is InChI=1S/C13H20N2O3/c1-4-8-14(5-2)12-7-6-11(10(3)16)9-13(12)15(17)18/h6-7,9-10,16H,4-5,8H2,1-3H3. The van der Waals surface area contributed by atoms with Crippen LogP contribution in [-0.4, -0.2) is 23.1 Å². The quantitative estimate of drug-likeness (QED) is 0.624. The molecule has 1 N–H and O–H groups in total. The Labute approximate surface area is 107 Å². The van der Waals surface area contributed by atoms with Gasteiger partial charge >= 0.3 is 0 Å². The number of nitro groups is 1. The van der Waals surface area contributed by atoms with Crippen LogP contribution in [0.4, 0.5) is 11.4 Å². The van der Waals surface area contributed by atoms with Crippen LogP contribution in [0.5, 0.6) is 0 Å². The van der Waals surface area contributed by atoms with Crippen LogP contribution < -0.4 is 4.90 Å². The number of aliphatic hydroxyl groups is 1. The van der Waals surface area contributed by atoms with Crippen molar-refractivity contribution in [1.29, 1.82) is 0 Å². The first-order valence-corrected chi connectivity index (χ1v) is 6.22. The third-order valence-corrected chi connectivity index (χ3v) is 2.89. The van der Waals surface area contributed by atoms with Crippen molar-refractivity contribution < 1.29 is 10.0 Å². The third kappa shape index (κ3) is 3.20. The molecule has 1 aromatic carbocycles. The second kappa shape index (κ2) is 6.35. The lowest BCUT2D eigenvalue weighted by molar-refractivity contribution is -0.384. The van der Waals surface area contributed by atoms with Gasteiger partial charge < -0.3 is 10.0 Å². The van der Waals surface area contributed by atoms with Crippen molar-refractivity contribution in [1.82, 2.24) is 0 Å². The van der Waals surface area contributed by atoms with Crippen LogP contribution in [0.15, 0.2) is 18.2 Å². The van der Waals surface area contributed by atoms with Gasteiger partial charge in [-0.05, 0) is 31.9 Å². The maximum Gasteiger partial charge on any atom is 0.292 e. The van der Waals surface area contributed by atoms with E-state index >= 15 is 0 Å². The number of aliphatic hydroxyl groups excluding tert-OH is 1. The molecule has 0 amide bonds. The van der Waals surface area contributed by atoms with E-state index in [4.69, 9.17) is 0 Å². The molecule has 0 saturated heterocycles. The molecule has 0 heterocycles. The SMILES string of the molecule is CCCN(CC)c1ccc(C(C)O)cc1[N+](=O)[O-]. The maximum absolute atomic E-state index is 11.1. The van der Waals surface area contributed by atoms with Crippen LogP contribution in [0.3, 0.4) is 0 Å². The number of hydrogen-bond acceptors (Lipinski definition) is 4. The summed E-state index contributed by atoms with van der Waals surface area (Å²) >= 11 is 0. The first-order valence-electron chi connectivity index (χ1n) is 6.22. The topological polar surface area (TPSA) is 66.6 Å². The van der Waals surface area contributed by atoms with E-state index in [1.54, 1.807) is 19.1 Å². The van der Waals surface area contributed by atoms with Gasteiger partial charge in [0.2, 0.25) is 0 Å². The number of rotatable bonds is 6. The highest BCUT2D eigenvalue weighted by atomic mass is 16.6. The zero-order valence-electron chi connectivity index (χ0n) is 11.1. The summed E-state index contributed by atoms with van der Waals surface area (Å²) in [5, 5.41) is 20.6. The molecule has 100 valence electrons. The van der Waals surface area contributed by atoms with Crippen molar-refractivity contribution in [2.45, 2.75) is 33.3 Å². The number of anilines is 1. The first-order chi connectivity index (χ1) is 8.51. The zero-order chi connectivity index (χ0) is 13.7. The Morgan fingerprint density at radius 2 is 2.11 bits per heavy atom. The van der Waals surface area contributed by atoms with Gasteiger partial charge in [0.25, 0.3) is 5.69 Å². The van der Waals surface area contributed by atoms with Gasteiger partial charge in [-0.25, -0.2) is 0 Å². The smallest absolute Gasteiger partial charge is 0.292 e. The number of nitro benzene ring substituents is 1. The van der Waals surface area contributed by atoms with Crippen molar-refractivity contribution in [3.05, 3.63) is 33.9 Å². The van der Waals surface area contributed by atoms with Crippen LogP contribution in [0, 0.1) is 10.1 Å². The molecule has 0 spiro atoms. The fourth-order valence-corrected chi connectivity index (χ4v) is 1.93. The summed E-state index contributed by atoms with van der Waals surface area (Å²) in [7, 11) is 0. The molecule has 5 nitrogen and oxygen atoms in total. The van der Waals surface area contributed by atoms with E-state index in [0.29, 0.717) is 11.3 Å². The van der Waals surface area contributed by atoms with E-state index in [0.717, 1.165) is 19.5 Å². The highest BCUT2D eigenvalue weighted by Crippen LogP contribution is 2.31. The minimum Gasteiger partial charge on any atom is -0.389 e. The molecule has 0 bridgehead atoms. The Morgan fingerprint density at radius 3 is 2.56 bits per heavy atom. The van der Waals surface area contributed by atoms with Crippen LogP contribution in [0.1, 0.15) is 38.9 Å². The van der Waals surface area contributed by atoms with Gasteiger partial charge in [-0.1, -0.05) is 13.0 Å². The lowest BCUT2D eigenvalue weighted by Crippen LogP contribution is -2.24. The number of benzene rings is 1. The summed E-state index contributed by atoms with van der Waals surface area (Å²) in [6.07, 6.45) is 0.238. The second-order valence-corrected chi connectivity index (χ2v) is 4.26. The highest BCUT2D eigenvalue weighted by molar-refractivity contribution is 5.64. The van der Waals surface area contributed by atoms with E-state index in [1.807, 2.05) is 18.7 Å². The second-order valence-electron chi connectivity index (χ2n) is 4.26. The van der Waals surface area contributed by atoms with Gasteiger partial charge in [0.05, 0.1) is 11.0 Å². The highest BCUT2D eigenvalue weighted by Gasteiger charge is 2.19. The summed E-state index contributed by atoms with van der Waals surface area (Å²) in [6.45, 7) is 7.12. The Balaban J connectivity index is 3.21. The molecule has 0 radical (unpaired) electrons. The fraction of sp³-hybridized carbons (Fsp3) is 0.538. The van der Waals surface area contributed by atoms with E-state index < -0.39 is 6.10 Å². The van der Waals surface area contributed by atoms with Crippen LogP contribution in [-0.2, 0) is 0 Å². The molecule has 0 aromatic heterocycles. The van der Waals surface area contributed by atoms with E-state index in [9.17, 15) is 15.2 Å². The number of hydrogen-bond donors (Lipinski definition) is 1. The van der Waals surface area contributed by atoms with Gasteiger partial charge in [0.15, 0.2) is 0 Å². The molecule has 18 heavy (non-hydrogen) atoms. The predicted octanol–water partition coefficient (Wildman–Crippen LogP) is 2.88. The molecule has 1 aromatic rings. The van der Waals surface area contributed by atoms with Gasteiger partial charge in [-0.3, -0.25) is 10.1 Å². The van der Waals surface area contributed by atoms with E-state index in [2.05, 4.69) is 0 Å². The summed E-state index contributed by atoms with van der Waals surface area (Å²) < 4.78 is 0. The van der Waals surface area contributed by atoms with Crippen LogP contribution >= 0.6 is 0 Å². The fourth-order valence-electron chi connectivity index (χ4n) is 1.93. The van der Waals surface area contributed by atoms with Crippen molar-refractivity contribution in [2.24, 2.45) is 0 Å². The number of nitrogens with zero attached hydrogens (tertiary/aromatic N) is 2. The van der Waals surface area contributed by atoms with Crippen molar-refractivity contribution in [2.75, 3.05) is 18.0 Å². The minimum atomic E-state index is -0.695. The Hall–Kier alpha value is -1.62. The zero-order valence-corrected chi connectivity index (χ0v) is 11.1. The normalized spacial score (nSPS) is 12.2. The first kappa shape index (κ1) is 14.4. The maximum atomic E-state index is 11.1. The summed E-state index contributed by atoms with van der Waals surface area (Å²) in [5.74, 6) is 0. The van der Waals surface area contributed by atoms with Gasteiger partial charge in [0.1, 0.15) is 5.69 Å². The van der Waals surface area contributed by atoms with Crippen LogP contribution in [0.25, 0.3) is 0 Å². The largest absolute Gasteiger partial charge is 0.389 e. The molecule has 0 aliphatic carbocycles. The predicted molar refractivity (Wildman–Crippen MR) is 71.9 cm³/mol. The van der Waals surface area contributed by atoms with Crippen molar-refractivity contribution >= 4 is 11.4 Å². The molecule has 1 rings (SSSR count). The molecule has 0 saturated carbocycles. The molecule has 1 atom stereocenters.